The molecule has 0 aliphatic heterocycles. The lowest BCUT2D eigenvalue weighted by Gasteiger charge is -2.13. The topological polar surface area (TPSA) is 39.1 Å². The summed E-state index contributed by atoms with van der Waals surface area (Å²) in [6, 6.07) is 0.546. The summed E-state index contributed by atoms with van der Waals surface area (Å²) in [5.41, 5.74) is 1.10. The molecule has 1 aromatic heterocycles. The zero-order valence-corrected chi connectivity index (χ0v) is 9.86. The van der Waals surface area contributed by atoms with Crippen LogP contribution in [0.4, 0.5) is 5.69 Å². The Labute approximate surface area is 91.6 Å². The van der Waals surface area contributed by atoms with Gasteiger partial charge in [-0.2, -0.15) is 5.10 Å². The summed E-state index contributed by atoms with van der Waals surface area (Å²) in [5, 5.41) is 7.70. The number of methoxy groups -OCH3 is 1. The molecule has 0 radical (unpaired) electrons. The lowest BCUT2D eigenvalue weighted by atomic mass is 10.2. The second kappa shape index (κ2) is 6.45. The molecule has 0 aliphatic rings. The minimum atomic E-state index is 0.546. The van der Waals surface area contributed by atoms with Crippen molar-refractivity contribution in [1.29, 1.82) is 0 Å². The molecule has 0 saturated heterocycles. The van der Waals surface area contributed by atoms with Crippen molar-refractivity contribution in [3.8, 4) is 0 Å². The molecule has 1 rings (SSSR count). The van der Waals surface area contributed by atoms with Gasteiger partial charge in [0.25, 0.3) is 0 Å². The van der Waals surface area contributed by atoms with Crippen molar-refractivity contribution in [3.05, 3.63) is 12.4 Å². The minimum Gasteiger partial charge on any atom is -0.383 e. The van der Waals surface area contributed by atoms with Crippen LogP contribution in [-0.2, 0) is 11.3 Å². The Morgan fingerprint density at radius 2 is 2.20 bits per heavy atom. The van der Waals surface area contributed by atoms with E-state index in [9.17, 15) is 0 Å². The molecular formula is C11H21N3O. The highest BCUT2D eigenvalue weighted by molar-refractivity contribution is 5.39. The van der Waals surface area contributed by atoms with Crippen molar-refractivity contribution in [3.63, 3.8) is 0 Å². The summed E-state index contributed by atoms with van der Waals surface area (Å²) >= 11 is 0. The number of hydrogen-bond acceptors (Lipinski definition) is 3. The van der Waals surface area contributed by atoms with Gasteiger partial charge in [-0.3, -0.25) is 4.68 Å². The quantitative estimate of drug-likeness (QED) is 0.751. The summed E-state index contributed by atoms with van der Waals surface area (Å²) in [7, 11) is 1.70. The van der Waals surface area contributed by atoms with Gasteiger partial charge in [-0.05, 0) is 12.8 Å². The second-order valence-corrected chi connectivity index (χ2v) is 3.64. The van der Waals surface area contributed by atoms with E-state index in [1.165, 1.54) is 0 Å². The van der Waals surface area contributed by atoms with Gasteiger partial charge in [-0.1, -0.05) is 13.8 Å². The third kappa shape index (κ3) is 3.91. The molecule has 0 fully saturated rings. The van der Waals surface area contributed by atoms with Gasteiger partial charge in [0.2, 0.25) is 0 Å². The van der Waals surface area contributed by atoms with E-state index in [2.05, 4.69) is 24.3 Å². The molecule has 0 bridgehead atoms. The van der Waals surface area contributed by atoms with E-state index < -0.39 is 0 Å². The monoisotopic (exact) mass is 211 g/mol. The molecule has 4 nitrogen and oxygen atoms in total. The molecule has 0 unspecified atom stereocenters. The van der Waals surface area contributed by atoms with Crippen LogP contribution < -0.4 is 5.32 Å². The average molecular weight is 211 g/mol. The van der Waals surface area contributed by atoms with Gasteiger partial charge in [-0.25, -0.2) is 0 Å². The van der Waals surface area contributed by atoms with Crippen LogP contribution in [0.3, 0.4) is 0 Å². The maximum absolute atomic E-state index is 5.00. The fraction of sp³-hybridized carbons (Fsp3) is 0.727. The molecular weight excluding hydrogens is 190 g/mol. The summed E-state index contributed by atoms with van der Waals surface area (Å²) in [6.45, 7) is 5.89. The Hall–Kier alpha value is -1.03. The number of rotatable bonds is 7. The van der Waals surface area contributed by atoms with Gasteiger partial charge in [0.05, 0.1) is 25.0 Å². The number of ether oxygens (including phenoxy) is 1. The highest BCUT2D eigenvalue weighted by Crippen LogP contribution is 2.10. The van der Waals surface area contributed by atoms with E-state index >= 15 is 0 Å². The first-order valence-corrected chi connectivity index (χ1v) is 5.58. The van der Waals surface area contributed by atoms with Crippen molar-refractivity contribution in [2.45, 2.75) is 39.3 Å². The summed E-state index contributed by atoms with van der Waals surface area (Å²) in [5.74, 6) is 0. The molecule has 0 atom stereocenters. The van der Waals surface area contributed by atoms with Crippen LogP contribution in [0.2, 0.25) is 0 Å². The maximum atomic E-state index is 5.00. The smallest absolute Gasteiger partial charge is 0.0728 e. The van der Waals surface area contributed by atoms with E-state index in [-0.39, 0.29) is 0 Å². The zero-order valence-electron chi connectivity index (χ0n) is 9.86. The Morgan fingerprint density at radius 3 is 2.80 bits per heavy atom. The van der Waals surface area contributed by atoms with Crippen LogP contribution in [0.15, 0.2) is 12.4 Å². The summed E-state index contributed by atoms with van der Waals surface area (Å²) in [4.78, 5) is 0. The summed E-state index contributed by atoms with van der Waals surface area (Å²) in [6.07, 6.45) is 6.17. The van der Waals surface area contributed by atoms with Crippen LogP contribution in [-0.4, -0.2) is 29.5 Å². The van der Waals surface area contributed by atoms with E-state index in [4.69, 9.17) is 4.74 Å². The minimum absolute atomic E-state index is 0.546. The summed E-state index contributed by atoms with van der Waals surface area (Å²) < 4.78 is 6.89. The first-order valence-electron chi connectivity index (χ1n) is 5.58. The van der Waals surface area contributed by atoms with E-state index in [1.54, 1.807) is 7.11 Å². The van der Waals surface area contributed by atoms with Gasteiger partial charge >= 0.3 is 0 Å². The molecule has 86 valence electrons. The number of aromatic nitrogens is 2. The molecule has 0 saturated carbocycles. The Bertz CT molecular complexity index is 269. The van der Waals surface area contributed by atoms with Crippen molar-refractivity contribution in [2.24, 2.45) is 0 Å². The van der Waals surface area contributed by atoms with Crippen molar-refractivity contribution < 1.29 is 4.74 Å². The lowest BCUT2D eigenvalue weighted by Crippen LogP contribution is -2.16. The van der Waals surface area contributed by atoms with Crippen LogP contribution in [0.25, 0.3) is 0 Å². The van der Waals surface area contributed by atoms with Gasteiger partial charge < -0.3 is 10.1 Å². The first-order chi connectivity index (χ1) is 7.30. The molecule has 1 heterocycles. The normalized spacial score (nSPS) is 10.9. The fourth-order valence-electron chi connectivity index (χ4n) is 1.47. The largest absolute Gasteiger partial charge is 0.383 e. The third-order valence-electron chi connectivity index (χ3n) is 2.51. The van der Waals surface area contributed by atoms with Crippen LogP contribution in [0, 0.1) is 0 Å². The van der Waals surface area contributed by atoms with E-state index in [0.29, 0.717) is 12.6 Å². The predicted octanol–water partition coefficient (Wildman–Crippen LogP) is 2.13. The zero-order chi connectivity index (χ0) is 11.1. The Balaban J connectivity index is 2.44. The van der Waals surface area contributed by atoms with Crippen molar-refractivity contribution in [2.75, 3.05) is 19.0 Å². The predicted molar refractivity (Wildman–Crippen MR) is 62.1 cm³/mol. The van der Waals surface area contributed by atoms with E-state index in [1.807, 2.05) is 17.1 Å². The van der Waals surface area contributed by atoms with Crippen LogP contribution in [0.1, 0.15) is 26.7 Å². The molecule has 1 N–H and O–H groups in total. The molecule has 0 amide bonds. The maximum Gasteiger partial charge on any atom is 0.0728 e. The second-order valence-electron chi connectivity index (χ2n) is 3.64. The standard InChI is InChI=1S/C11H21N3O/c1-4-10(5-2)13-11-8-12-14(9-11)6-7-15-3/h8-10,13H,4-7H2,1-3H3. The average Bonchev–Trinajstić information content (AvgIpc) is 2.70. The Morgan fingerprint density at radius 1 is 1.47 bits per heavy atom. The van der Waals surface area contributed by atoms with Gasteiger partial charge in [-0.15, -0.1) is 0 Å². The molecule has 15 heavy (non-hydrogen) atoms. The van der Waals surface area contributed by atoms with E-state index in [0.717, 1.165) is 25.1 Å². The molecule has 0 aromatic carbocycles. The van der Waals surface area contributed by atoms with Gasteiger partial charge in [0, 0.05) is 19.3 Å². The van der Waals surface area contributed by atoms with Crippen molar-refractivity contribution >= 4 is 5.69 Å². The molecule has 1 aromatic rings. The van der Waals surface area contributed by atoms with Crippen LogP contribution in [0.5, 0.6) is 0 Å². The number of hydrogen-bond donors (Lipinski definition) is 1. The Kier molecular flexibility index (Phi) is 5.18. The van der Waals surface area contributed by atoms with Crippen molar-refractivity contribution in [1.82, 2.24) is 9.78 Å². The highest BCUT2D eigenvalue weighted by Gasteiger charge is 2.04. The third-order valence-corrected chi connectivity index (χ3v) is 2.51. The lowest BCUT2D eigenvalue weighted by molar-refractivity contribution is 0.183. The fourth-order valence-corrected chi connectivity index (χ4v) is 1.47. The number of nitrogens with zero attached hydrogens (tertiary/aromatic N) is 2. The van der Waals surface area contributed by atoms with Crippen LogP contribution >= 0.6 is 0 Å². The molecule has 4 heteroatoms. The number of nitrogens with one attached hydrogen (secondary N) is 1. The first kappa shape index (κ1) is 12.0. The van der Waals surface area contributed by atoms with Gasteiger partial charge in [0.15, 0.2) is 0 Å². The number of anilines is 1. The molecule has 0 spiro atoms. The van der Waals surface area contributed by atoms with Gasteiger partial charge in [0.1, 0.15) is 0 Å². The SMILES string of the molecule is CCC(CC)Nc1cnn(CCOC)c1. The highest BCUT2D eigenvalue weighted by atomic mass is 16.5. The molecule has 0 aliphatic carbocycles.